The summed E-state index contributed by atoms with van der Waals surface area (Å²) < 4.78 is 4.69. The lowest BCUT2D eigenvalue weighted by molar-refractivity contribution is -0.667. The highest BCUT2D eigenvalue weighted by Gasteiger charge is 2.20. The molecule has 4 nitrogen and oxygen atoms in total. The molecule has 5 heteroatoms. The third-order valence-electron chi connectivity index (χ3n) is 5.03. The second kappa shape index (κ2) is 8.05. The van der Waals surface area contributed by atoms with E-state index in [1.165, 1.54) is 0 Å². The molecule has 1 heterocycles. The number of benzene rings is 3. The Bertz CT molecular complexity index is 1160. The zero-order valence-electron chi connectivity index (χ0n) is 16.0. The maximum atomic E-state index is 12.8. The van der Waals surface area contributed by atoms with Crippen molar-refractivity contribution in [1.29, 1.82) is 0 Å². The van der Waals surface area contributed by atoms with Gasteiger partial charge in [0.15, 0.2) is 5.78 Å². The molecule has 144 valence electrons. The van der Waals surface area contributed by atoms with Crippen molar-refractivity contribution in [3.63, 3.8) is 0 Å². The van der Waals surface area contributed by atoms with Gasteiger partial charge in [0.05, 0.1) is 7.05 Å². The quantitative estimate of drug-likeness (QED) is 0.351. The molecule has 2 N–H and O–H groups in total. The molecular formula is C24H21BrN3O+. The van der Waals surface area contributed by atoms with Gasteiger partial charge in [-0.25, -0.2) is 9.13 Å². The number of halogens is 1. The molecule has 0 fully saturated rings. The van der Waals surface area contributed by atoms with Crippen LogP contribution in [0.15, 0.2) is 89.5 Å². The van der Waals surface area contributed by atoms with Crippen molar-refractivity contribution < 1.29 is 9.36 Å². The number of aromatic nitrogens is 2. The Morgan fingerprint density at radius 1 is 0.931 bits per heavy atom. The number of imidazole rings is 1. The second-order valence-corrected chi connectivity index (χ2v) is 7.85. The fraction of sp³-hybridized carbons (Fsp3) is 0.0833. The van der Waals surface area contributed by atoms with Crippen LogP contribution in [0.2, 0.25) is 0 Å². The Balaban J connectivity index is 1.56. The SMILES string of the molecule is Cn1c(-c2cccc(Br)c2)c[n+](CC(=O)c2ccc(-c3ccccc3)cc2)c1N. The molecule has 0 radical (unpaired) electrons. The third kappa shape index (κ3) is 4.00. The highest BCUT2D eigenvalue weighted by atomic mass is 79.9. The minimum absolute atomic E-state index is 0.0210. The molecule has 0 aliphatic carbocycles. The van der Waals surface area contributed by atoms with Gasteiger partial charge < -0.3 is 0 Å². The lowest BCUT2D eigenvalue weighted by Gasteiger charge is -2.04. The zero-order valence-corrected chi connectivity index (χ0v) is 17.6. The summed E-state index contributed by atoms with van der Waals surface area (Å²) in [5, 5.41) is 0. The van der Waals surface area contributed by atoms with E-state index in [4.69, 9.17) is 5.73 Å². The molecule has 0 amide bonds. The van der Waals surface area contributed by atoms with Gasteiger partial charge in [-0.2, -0.15) is 0 Å². The number of hydrogen-bond donors (Lipinski definition) is 1. The molecule has 0 bridgehead atoms. The Morgan fingerprint density at radius 3 is 2.28 bits per heavy atom. The first-order valence-electron chi connectivity index (χ1n) is 9.32. The van der Waals surface area contributed by atoms with Crippen LogP contribution in [0.1, 0.15) is 10.4 Å². The van der Waals surface area contributed by atoms with Crippen molar-refractivity contribution in [2.75, 3.05) is 5.73 Å². The predicted molar refractivity (Wildman–Crippen MR) is 119 cm³/mol. The molecule has 4 rings (SSSR count). The molecule has 3 aromatic carbocycles. The van der Waals surface area contributed by atoms with Crippen molar-refractivity contribution in [1.82, 2.24) is 4.57 Å². The smallest absolute Gasteiger partial charge is 0.291 e. The largest absolute Gasteiger partial charge is 0.355 e. The third-order valence-corrected chi connectivity index (χ3v) is 5.52. The van der Waals surface area contributed by atoms with Gasteiger partial charge in [-0.15, -0.1) is 0 Å². The van der Waals surface area contributed by atoms with Gasteiger partial charge in [-0.1, -0.05) is 82.7 Å². The molecule has 0 saturated carbocycles. The number of anilines is 1. The van der Waals surface area contributed by atoms with Gasteiger partial charge in [0.25, 0.3) is 0 Å². The molecule has 0 saturated heterocycles. The van der Waals surface area contributed by atoms with Crippen molar-refractivity contribution in [2.45, 2.75) is 6.54 Å². The van der Waals surface area contributed by atoms with Gasteiger partial charge in [-0.05, 0) is 23.3 Å². The van der Waals surface area contributed by atoms with Gasteiger partial charge in [0, 0.05) is 15.6 Å². The second-order valence-electron chi connectivity index (χ2n) is 6.94. The topological polar surface area (TPSA) is 51.9 Å². The number of rotatable bonds is 5. The zero-order chi connectivity index (χ0) is 20.4. The van der Waals surface area contributed by atoms with E-state index in [1.54, 1.807) is 4.57 Å². The molecule has 4 aromatic rings. The monoisotopic (exact) mass is 446 g/mol. The van der Waals surface area contributed by atoms with E-state index < -0.39 is 0 Å². The molecule has 1 aromatic heterocycles. The van der Waals surface area contributed by atoms with E-state index in [-0.39, 0.29) is 12.3 Å². The van der Waals surface area contributed by atoms with Crippen LogP contribution < -0.4 is 10.3 Å². The number of carbonyl (C=O) groups is 1. The van der Waals surface area contributed by atoms with Gasteiger partial charge in [-0.3, -0.25) is 10.5 Å². The van der Waals surface area contributed by atoms with E-state index in [0.717, 1.165) is 26.9 Å². The summed E-state index contributed by atoms with van der Waals surface area (Å²) in [5.74, 6) is 0.557. The normalized spacial score (nSPS) is 10.8. The molecule has 0 aliphatic heterocycles. The van der Waals surface area contributed by atoms with Crippen LogP contribution in [-0.2, 0) is 13.6 Å². The van der Waals surface area contributed by atoms with Crippen LogP contribution in [0.3, 0.4) is 0 Å². The minimum Gasteiger partial charge on any atom is -0.291 e. The summed E-state index contributed by atoms with van der Waals surface area (Å²) in [6.45, 7) is 0.193. The first-order chi connectivity index (χ1) is 14.0. The van der Waals surface area contributed by atoms with Gasteiger partial charge in [0.2, 0.25) is 0 Å². The van der Waals surface area contributed by atoms with Crippen molar-refractivity contribution >= 4 is 27.7 Å². The number of nitrogens with zero attached hydrogens (tertiary/aromatic N) is 2. The Morgan fingerprint density at radius 2 is 1.59 bits per heavy atom. The van der Waals surface area contributed by atoms with Gasteiger partial charge >= 0.3 is 5.95 Å². The summed E-state index contributed by atoms with van der Waals surface area (Å²) in [5.41, 5.74) is 11.1. The summed E-state index contributed by atoms with van der Waals surface area (Å²) in [7, 11) is 1.90. The van der Waals surface area contributed by atoms with Crippen molar-refractivity contribution in [3.05, 3.63) is 95.1 Å². The van der Waals surface area contributed by atoms with Crippen LogP contribution >= 0.6 is 15.9 Å². The van der Waals surface area contributed by atoms with Crippen LogP contribution in [0.5, 0.6) is 0 Å². The number of ketones is 1. The number of nitrogen functional groups attached to an aromatic ring is 1. The lowest BCUT2D eigenvalue weighted by atomic mass is 10.0. The van der Waals surface area contributed by atoms with Crippen LogP contribution in [0, 0.1) is 0 Å². The Hall–Kier alpha value is -3.18. The molecule has 0 atom stereocenters. The maximum absolute atomic E-state index is 12.8. The number of Topliss-reactive ketones (excluding diaryl/α,β-unsaturated/α-hetero) is 1. The minimum atomic E-state index is 0.0210. The van der Waals surface area contributed by atoms with Crippen LogP contribution in [-0.4, -0.2) is 10.4 Å². The van der Waals surface area contributed by atoms with Gasteiger partial charge in [0.1, 0.15) is 18.4 Å². The van der Waals surface area contributed by atoms with Crippen LogP contribution in [0.4, 0.5) is 5.95 Å². The fourth-order valence-electron chi connectivity index (χ4n) is 3.38. The number of carbonyl (C=O) groups excluding carboxylic acids is 1. The molecule has 0 aliphatic rings. The number of nitrogens with two attached hydrogens (primary N) is 1. The molecule has 0 unspecified atom stereocenters. The maximum Gasteiger partial charge on any atom is 0.355 e. The average molecular weight is 447 g/mol. The van der Waals surface area contributed by atoms with E-state index in [0.29, 0.717) is 11.5 Å². The van der Waals surface area contributed by atoms with E-state index in [1.807, 2.05) is 84.5 Å². The van der Waals surface area contributed by atoms with Crippen LogP contribution in [0.25, 0.3) is 22.4 Å². The summed E-state index contributed by atoms with van der Waals surface area (Å²) in [6.07, 6.45) is 1.92. The summed E-state index contributed by atoms with van der Waals surface area (Å²) in [4.78, 5) is 12.8. The first-order valence-corrected chi connectivity index (χ1v) is 10.1. The van der Waals surface area contributed by atoms with E-state index >= 15 is 0 Å². The standard InChI is InChI=1S/C24H20BrN3O/c1-27-22(20-8-5-9-21(25)14-20)15-28(24(27)26)16-23(29)19-12-10-18(11-13-19)17-6-3-2-4-7-17/h2-15,26H,16H2,1H3/p+1. The average Bonchev–Trinajstić information content (AvgIpc) is 3.03. The predicted octanol–water partition coefficient (Wildman–Crippen LogP) is 4.87. The van der Waals surface area contributed by atoms with E-state index in [9.17, 15) is 4.79 Å². The highest BCUT2D eigenvalue weighted by molar-refractivity contribution is 9.10. The molecule has 29 heavy (non-hydrogen) atoms. The van der Waals surface area contributed by atoms with Crippen molar-refractivity contribution in [2.24, 2.45) is 7.05 Å². The lowest BCUT2D eigenvalue weighted by Crippen LogP contribution is -2.39. The first kappa shape index (κ1) is 19.2. The fourth-order valence-corrected chi connectivity index (χ4v) is 3.78. The Kier molecular flexibility index (Phi) is 5.32. The summed E-state index contributed by atoms with van der Waals surface area (Å²) in [6, 6.07) is 25.8. The number of hydrogen-bond acceptors (Lipinski definition) is 2. The molecule has 0 spiro atoms. The van der Waals surface area contributed by atoms with E-state index in [2.05, 4.69) is 28.1 Å². The summed E-state index contributed by atoms with van der Waals surface area (Å²) >= 11 is 3.50. The Labute approximate surface area is 178 Å². The molecular weight excluding hydrogens is 426 g/mol. The highest BCUT2D eigenvalue weighted by Crippen LogP contribution is 2.24. The van der Waals surface area contributed by atoms with Crippen molar-refractivity contribution in [3.8, 4) is 22.4 Å².